The van der Waals surface area contributed by atoms with Gasteiger partial charge in [0, 0.05) is 24.8 Å². The molecule has 0 unspecified atom stereocenters. The Labute approximate surface area is 173 Å². The van der Waals surface area contributed by atoms with Gasteiger partial charge in [-0.05, 0) is 23.8 Å². The zero-order valence-electron chi connectivity index (χ0n) is 15.0. The van der Waals surface area contributed by atoms with E-state index >= 15 is 0 Å². The zero-order valence-corrected chi connectivity index (χ0v) is 16.6. The van der Waals surface area contributed by atoms with Gasteiger partial charge in [-0.2, -0.15) is 0 Å². The monoisotopic (exact) mass is 433 g/mol. The molecule has 1 amide bonds. The largest absolute Gasteiger partial charge is 0.379 e. The van der Waals surface area contributed by atoms with Crippen LogP contribution in [0.2, 0.25) is 0 Å². The van der Waals surface area contributed by atoms with Gasteiger partial charge in [0.2, 0.25) is 11.0 Å². The topological polar surface area (TPSA) is 110 Å². The molecule has 3 aromatic rings. The van der Waals surface area contributed by atoms with E-state index in [9.17, 15) is 19.3 Å². The molecule has 0 aliphatic carbocycles. The number of rotatable bonds is 9. The van der Waals surface area contributed by atoms with Crippen molar-refractivity contribution < 1.29 is 14.1 Å². The lowest BCUT2D eigenvalue weighted by atomic mass is 10.2. The minimum absolute atomic E-state index is 0.0418. The van der Waals surface area contributed by atoms with Gasteiger partial charge in [-0.3, -0.25) is 14.9 Å². The van der Waals surface area contributed by atoms with Crippen LogP contribution in [-0.4, -0.2) is 27.6 Å². The van der Waals surface area contributed by atoms with E-state index in [1.54, 1.807) is 30.3 Å². The first-order valence-corrected chi connectivity index (χ1v) is 10.3. The molecule has 29 heavy (non-hydrogen) atoms. The van der Waals surface area contributed by atoms with Crippen molar-refractivity contribution in [1.29, 1.82) is 0 Å². The molecule has 3 rings (SSSR count). The molecule has 0 aliphatic rings. The Morgan fingerprint density at radius 1 is 1.17 bits per heavy atom. The highest BCUT2D eigenvalue weighted by Crippen LogP contribution is 2.28. The molecule has 8 nitrogen and oxygen atoms in total. The minimum Gasteiger partial charge on any atom is -0.379 e. The number of halogens is 1. The van der Waals surface area contributed by atoms with Crippen LogP contribution in [0.1, 0.15) is 12.0 Å². The first-order chi connectivity index (χ1) is 14.0. The van der Waals surface area contributed by atoms with E-state index < -0.39 is 4.92 Å². The third-order valence-electron chi connectivity index (χ3n) is 3.70. The second-order valence-corrected chi connectivity index (χ2v) is 7.99. The zero-order chi connectivity index (χ0) is 20.6. The van der Waals surface area contributed by atoms with E-state index in [1.807, 2.05) is 0 Å². The predicted molar refractivity (Wildman–Crippen MR) is 111 cm³/mol. The summed E-state index contributed by atoms with van der Waals surface area (Å²) in [7, 11) is 0. The van der Waals surface area contributed by atoms with Gasteiger partial charge in [-0.1, -0.05) is 47.4 Å². The Bertz CT molecular complexity index is 997. The number of aromatic nitrogens is 2. The van der Waals surface area contributed by atoms with Crippen molar-refractivity contribution in [2.24, 2.45) is 0 Å². The number of carbonyl (C=O) groups excluding carboxylic acids is 1. The Morgan fingerprint density at radius 3 is 2.69 bits per heavy atom. The van der Waals surface area contributed by atoms with E-state index in [4.69, 9.17) is 0 Å². The fourth-order valence-electron chi connectivity index (χ4n) is 2.32. The van der Waals surface area contributed by atoms with Crippen LogP contribution < -0.4 is 10.6 Å². The summed E-state index contributed by atoms with van der Waals surface area (Å²) in [6.45, 7) is 0.238. The number of nitrogens with one attached hydrogen (secondary N) is 2. The van der Waals surface area contributed by atoms with Crippen molar-refractivity contribution in [2.75, 3.05) is 17.2 Å². The van der Waals surface area contributed by atoms with E-state index in [-0.39, 0.29) is 30.4 Å². The Morgan fingerprint density at radius 2 is 1.93 bits per heavy atom. The van der Waals surface area contributed by atoms with Gasteiger partial charge in [0.1, 0.15) is 11.5 Å². The summed E-state index contributed by atoms with van der Waals surface area (Å²) in [5, 5.41) is 24.9. The molecule has 2 aromatic carbocycles. The number of hydrogen-bond donors (Lipinski definition) is 2. The molecule has 0 saturated carbocycles. The van der Waals surface area contributed by atoms with Crippen LogP contribution in [0, 0.1) is 15.9 Å². The SMILES string of the molecule is O=C(CCNc1ccccc1[N+](=O)[O-])Nc1nnc(SCc2ccc(F)cc2)s1. The van der Waals surface area contributed by atoms with Crippen LogP contribution in [0.4, 0.5) is 20.9 Å². The van der Waals surface area contributed by atoms with Gasteiger partial charge in [0.05, 0.1) is 4.92 Å². The van der Waals surface area contributed by atoms with Crippen LogP contribution in [0.3, 0.4) is 0 Å². The summed E-state index contributed by atoms with van der Waals surface area (Å²) in [6, 6.07) is 12.5. The standard InChI is InChI=1S/C18H16FN5O3S2/c19-13-7-5-12(6-8-13)11-28-18-23-22-17(29-18)21-16(25)9-10-20-14-3-1-2-4-15(14)24(26)27/h1-8,20H,9-11H2,(H,21,22,25). The van der Waals surface area contributed by atoms with Crippen molar-refractivity contribution in [2.45, 2.75) is 16.5 Å². The number of thioether (sulfide) groups is 1. The molecule has 0 saturated heterocycles. The lowest BCUT2D eigenvalue weighted by molar-refractivity contribution is -0.384. The number of carbonyl (C=O) groups is 1. The molecular formula is C18H16FN5O3S2. The highest BCUT2D eigenvalue weighted by molar-refractivity contribution is 8.00. The third kappa shape index (κ3) is 6.22. The number of amides is 1. The van der Waals surface area contributed by atoms with E-state index in [1.165, 1.54) is 41.3 Å². The summed E-state index contributed by atoms with van der Waals surface area (Å²) < 4.78 is 13.6. The van der Waals surface area contributed by atoms with Gasteiger partial charge in [0.25, 0.3) is 5.69 Å². The Balaban J connectivity index is 1.44. The van der Waals surface area contributed by atoms with Crippen molar-refractivity contribution in [3.05, 3.63) is 70.0 Å². The molecule has 2 N–H and O–H groups in total. The summed E-state index contributed by atoms with van der Waals surface area (Å²) in [4.78, 5) is 22.6. The number of nitro groups is 1. The molecular weight excluding hydrogens is 417 g/mol. The summed E-state index contributed by atoms with van der Waals surface area (Å²) in [5.74, 6) is 0.0566. The summed E-state index contributed by atoms with van der Waals surface area (Å²) >= 11 is 2.69. The van der Waals surface area contributed by atoms with Gasteiger partial charge in [-0.15, -0.1) is 10.2 Å². The average Bonchev–Trinajstić information content (AvgIpc) is 3.15. The molecule has 0 bridgehead atoms. The number of benzene rings is 2. The van der Waals surface area contributed by atoms with Crippen molar-refractivity contribution >= 4 is 45.5 Å². The Kier molecular flexibility index (Phi) is 7.09. The third-order valence-corrected chi connectivity index (χ3v) is 5.74. The van der Waals surface area contributed by atoms with Gasteiger partial charge >= 0.3 is 0 Å². The van der Waals surface area contributed by atoms with Gasteiger partial charge in [0.15, 0.2) is 4.34 Å². The molecule has 0 spiro atoms. The van der Waals surface area contributed by atoms with Crippen LogP contribution >= 0.6 is 23.1 Å². The van der Waals surface area contributed by atoms with Crippen molar-refractivity contribution in [3.63, 3.8) is 0 Å². The molecule has 11 heteroatoms. The maximum absolute atomic E-state index is 12.9. The molecule has 0 aliphatic heterocycles. The normalized spacial score (nSPS) is 10.5. The van der Waals surface area contributed by atoms with Crippen molar-refractivity contribution in [3.8, 4) is 0 Å². The van der Waals surface area contributed by atoms with Crippen LogP contribution in [0.15, 0.2) is 52.9 Å². The first-order valence-electron chi connectivity index (χ1n) is 8.49. The highest BCUT2D eigenvalue weighted by atomic mass is 32.2. The molecule has 150 valence electrons. The average molecular weight is 433 g/mol. The Hall–Kier alpha value is -3.05. The van der Waals surface area contributed by atoms with Gasteiger partial charge < -0.3 is 10.6 Å². The molecule has 1 heterocycles. The number of nitrogens with zero attached hydrogens (tertiary/aromatic N) is 3. The maximum atomic E-state index is 12.9. The van der Waals surface area contributed by atoms with Crippen LogP contribution in [0.5, 0.6) is 0 Å². The number of para-hydroxylation sites is 2. The maximum Gasteiger partial charge on any atom is 0.292 e. The van der Waals surface area contributed by atoms with Crippen molar-refractivity contribution in [1.82, 2.24) is 10.2 Å². The smallest absolute Gasteiger partial charge is 0.292 e. The molecule has 0 atom stereocenters. The summed E-state index contributed by atoms with van der Waals surface area (Å²) in [5.41, 5.74) is 1.28. The molecule has 1 aromatic heterocycles. The second kappa shape index (κ2) is 9.94. The van der Waals surface area contributed by atoms with Crippen LogP contribution in [-0.2, 0) is 10.5 Å². The second-order valence-electron chi connectivity index (χ2n) is 5.79. The fraction of sp³-hybridized carbons (Fsp3) is 0.167. The predicted octanol–water partition coefficient (Wildman–Crippen LogP) is 4.32. The first kappa shape index (κ1) is 20.7. The molecule has 0 radical (unpaired) electrons. The minimum atomic E-state index is -0.477. The fourth-order valence-corrected chi connectivity index (χ4v) is 4.04. The van der Waals surface area contributed by atoms with Gasteiger partial charge in [-0.25, -0.2) is 4.39 Å². The van der Waals surface area contributed by atoms with Crippen LogP contribution in [0.25, 0.3) is 0 Å². The molecule has 0 fully saturated rings. The van der Waals surface area contributed by atoms with E-state index in [0.717, 1.165) is 5.56 Å². The number of anilines is 2. The summed E-state index contributed by atoms with van der Waals surface area (Å²) in [6.07, 6.45) is 0.115. The number of nitro benzene ring substituents is 1. The lowest BCUT2D eigenvalue weighted by Gasteiger charge is -2.06. The quantitative estimate of drug-likeness (QED) is 0.224. The highest BCUT2D eigenvalue weighted by Gasteiger charge is 2.13. The lowest BCUT2D eigenvalue weighted by Crippen LogP contribution is -2.16. The van der Waals surface area contributed by atoms with E-state index in [2.05, 4.69) is 20.8 Å². The number of hydrogen-bond acceptors (Lipinski definition) is 8. The van der Waals surface area contributed by atoms with E-state index in [0.29, 0.717) is 20.9 Å².